The van der Waals surface area contributed by atoms with E-state index >= 15 is 0 Å². The lowest BCUT2D eigenvalue weighted by Crippen LogP contribution is -2.24. The zero-order chi connectivity index (χ0) is 22.6. The fourth-order valence-electron chi connectivity index (χ4n) is 4.24. The SMILES string of the molecule is CCCCCCCCCCCCCCCCCC1=CC(NCCCCC)=CC(=O)C1=O. The van der Waals surface area contributed by atoms with Gasteiger partial charge in [0.2, 0.25) is 11.6 Å². The van der Waals surface area contributed by atoms with Crippen molar-refractivity contribution in [2.45, 2.75) is 136 Å². The molecule has 0 aromatic rings. The van der Waals surface area contributed by atoms with Gasteiger partial charge < -0.3 is 5.32 Å². The number of ketones is 2. The summed E-state index contributed by atoms with van der Waals surface area (Å²) in [7, 11) is 0. The fourth-order valence-corrected chi connectivity index (χ4v) is 4.24. The van der Waals surface area contributed by atoms with Crippen molar-refractivity contribution in [3.63, 3.8) is 0 Å². The van der Waals surface area contributed by atoms with E-state index in [4.69, 9.17) is 0 Å². The molecular formula is C28H49NO2. The van der Waals surface area contributed by atoms with Gasteiger partial charge in [0.15, 0.2) is 0 Å². The van der Waals surface area contributed by atoms with Crippen molar-refractivity contribution < 1.29 is 9.59 Å². The Bertz CT molecular complexity index is 547. The molecule has 178 valence electrons. The lowest BCUT2D eigenvalue weighted by atomic mass is 9.95. The smallest absolute Gasteiger partial charge is 0.229 e. The van der Waals surface area contributed by atoms with Crippen LogP contribution in [0.3, 0.4) is 0 Å². The highest BCUT2D eigenvalue weighted by atomic mass is 16.2. The number of Topliss-reactive ketones (excluding diaryl/α,β-unsaturated/α-hetero) is 1. The van der Waals surface area contributed by atoms with Gasteiger partial charge in [0, 0.05) is 23.9 Å². The molecule has 0 saturated carbocycles. The number of hydrogen-bond donors (Lipinski definition) is 1. The summed E-state index contributed by atoms with van der Waals surface area (Å²) in [5.74, 6) is -0.666. The largest absolute Gasteiger partial charge is 0.385 e. The third kappa shape index (κ3) is 14.3. The van der Waals surface area contributed by atoms with E-state index in [9.17, 15) is 9.59 Å². The summed E-state index contributed by atoms with van der Waals surface area (Å²) in [5, 5.41) is 3.30. The zero-order valence-corrected chi connectivity index (χ0v) is 20.6. The summed E-state index contributed by atoms with van der Waals surface area (Å²) in [6.07, 6.45) is 27.6. The number of unbranched alkanes of at least 4 members (excludes halogenated alkanes) is 16. The molecule has 3 nitrogen and oxygen atoms in total. The van der Waals surface area contributed by atoms with Crippen molar-refractivity contribution in [2.24, 2.45) is 0 Å². The molecule has 0 radical (unpaired) electrons. The number of carbonyl (C=O) groups excluding carboxylic acids is 2. The van der Waals surface area contributed by atoms with Crippen molar-refractivity contribution >= 4 is 11.6 Å². The maximum Gasteiger partial charge on any atom is 0.229 e. The topological polar surface area (TPSA) is 46.2 Å². The Morgan fingerprint density at radius 2 is 1.03 bits per heavy atom. The first kappa shape index (κ1) is 27.7. The number of allylic oxidation sites excluding steroid dienone is 3. The summed E-state index contributed by atoms with van der Waals surface area (Å²) in [5.41, 5.74) is 1.51. The molecule has 0 aromatic carbocycles. The molecule has 0 aromatic heterocycles. The van der Waals surface area contributed by atoms with Gasteiger partial charge in [-0.15, -0.1) is 0 Å². The first-order valence-corrected chi connectivity index (χ1v) is 13.4. The predicted octanol–water partition coefficient (Wildman–Crippen LogP) is 7.99. The molecule has 0 saturated heterocycles. The van der Waals surface area contributed by atoms with Crippen LogP contribution in [0.25, 0.3) is 0 Å². The number of nitrogens with one attached hydrogen (secondary N) is 1. The van der Waals surface area contributed by atoms with Crippen LogP contribution in [0.4, 0.5) is 0 Å². The average molecular weight is 432 g/mol. The van der Waals surface area contributed by atoms with Crippen LogP contribution in [-0.4, -0.2) is 18.1 Å². The Morgan fingerprint density at radius 3 is 1.55 bits per heavy atom. The van der Waals surface area contributed by atoms with Gasteiger partial charge in [-0.25, -0.2) is 0 Å². The van der Waals surface area contributed by atoms with Crippen LogP contribution in [0, 0.1) is 0 Å². The number of carbonyl (C=O) groups is 2. The highest BCUT2D eigenvalue weighted by molar-refractivity contribution is 6.48. The van der Waals surface area contributed by atoms with Gasteiger partial charge in [0.1, 0.15) is 0 Å². The second-order valence-corrected chi connectivity index (χ2v) is 9.30. The quantitative estimate of drug-likeness (QED) is 0.114. The Labute approximate surface area is 192 Å². The number of hydrogen-bond acceptors (Lipinski definition) is 3. The minimum absolute atomic E-state index is 0.301. The third-order valence-corrected chi connectivity index (χ3v) is 6.29. The third-order valence-electron chi connectivity index (χ3n) is 6.29. The molecule has 1 aliphatic carbocycles. The lowest BCUT2D eigenvalue weighted by molar-refractivity contribution is -0.131. The highest BCUT2D eigenvalue weighted by Crippen LogP contribution is 2.19. The normalized spacial score (nSPS) is 14.0. The van der Waals surface area contributed by atoms with Gasteiger partial charge in [-0.05, 0) is 25.3 Å². The van der Waals surface area contributed by atoms with E-state index in [0.717, 1.165) is 37.9 Å². The highest BCUT2D eigenvalue weighted by Gasteiger charge is 2.21. The molecule has 3 heteroatoms. The maximum atomic E-state index is 12.1. The first-order valence-electron chi connectivity index (χ1n) is 13.4. The van der Waals surface area contributed by atoms with E-state index in [-0.39, 0.29) is 11.6 Å². The van der Waals surface area contributed by atoms with Crippen LogP contribution >= 0.6 is 0 Å². The van der Waals surface area contributed by atoms with Crippen molar-refractivity contribution in [1.82, 2.24) is 5.32 Å². The average Bonchev–Trinajstić information content (AvgIpc) is 2.77. The van der Waals surface area contributed by atoms with Gasteiger partial charge in [0.25, 0.3) is 0 Å². The zero-order valence-electron chi connectivity index (χ0n) is 20.6. The van der Waals surface area contributed by atoms with Gasteiger partial charge in [0.05, 0.1) is 0 Å². The molecule has 0 aliphatic heterocycles. The van der Waals surface area contributed by atoms with Crippen LogP contribution in [0.1, 0.15) is 136 Å². The minimum atomic E-state index is -0.364. The first-order chi connectivity index (χ1) is 15.2. The molecule has 0 heterocycles. The molecule has 0 spiro atoms. The molecule has 0 unspecified atom stereocenters. The summed E-state index contributed by atoms with van der Waals surface area (Å²) in [4.78, 5) is 24.1. The van der Waals surface area contributed by atoms with Gasteiger partial charge in [-0.1, -0.05) is 117 Å². The molecule has 0 amide bonds. The minimum Gasteiger partial charge on any atom is -0.385 e. The summed E-state index contributed by atoms with van der Waals surface area (Å²) >= 11 is 0. The Balaban J connectivity index is 2.01. The predicted molar refractivity (Wildman–Crippen MR) is 133 cm³/mol. The molecular weight excluding hydrogens is 382 g/mol. The monoisotopic (exact) mass is 431 g/mol. The molecule has 0 atom stereocenters. The van der Waals surface area contributed by atoms with Gasteiger partial charge in [-0.3, -0.25) is 9.59 Å². The summed E-state index contributed by atoms with van der Waals surface area (Å²) in [6, 6.07) is 0. The van der Waals surface area contributed by atoms with E-state index in [1.165, 1.54) is 102 Å². The second kappa shape index (κ2) is 19.3. The van der Waals surface area contributed by atoms with E-state index < -0.39 is 0 Å². The van der Waals surface area contributed by atoms with Crippen molar-refractivity contribution in [2.75, 3.05) is 6.54 Å². The van der Waals surface area contributed by atoms with E-state index in [1.54, 1.807) is 0 Å². The maximum absolute atomic E-state index is 12.1. The lowest BCUT2D eigenvalue weighted by Gasteiger charge is -2.14. The standard InChI is InChI=1S/C28H49NO2/c1-3-5-7-8-9-10-11-12-13-14-15-16-17-18-19-21-25-23-26(24-27(30)28(25)31)29-22-20-6-4-2/h23-24,29H,3-22H2,1-2H3. The van der Waals surface area contributed by atoms with Gasteiger partial charge in [-0.2, -0.15) is 0 Å². The van der Waals surface area contributed by atoms with Crippen LogP contribution in [-0.2, 0) is 9.59 Å². The molecule has 1 aliphatic rings. The molecule has 1 rings (SSSR count). The Morgan fingerprint density at radius 1 is 0.581 bits per heavy atom. The van der Waals surface area contributed by atoms with Crippen LogP contribution in [0.5, 0.6) is 0 Å². The van der Waals surface area contributed by atoms with Crippen LogP contribution in [0.15, 0.2) is 23.4 Å². The van der Waals surface area contributed by atoms with Crippen LogP contribution in [0.2, 0.25) is 0 Å². The van der Waals surface area contributed by atoms with E-state index in [0.29, 0.717) is 5.57 Å². The Kier molecular flexibility index (Phi) is 17.2. The summed E-state index contributed by atoms with van der Waals surface area (Å²) < 4.78 is 0. The van der Waals surface area contributed by atoms with Gasteiger partial charge >= 0.3 is 0 Å². The van der Waals surface area contributed by atoms with Crippen molar-refractivity contribution in [1.29, 1.82) is 0 Å². The summed E-state index contributed by atoms with van der Waals surface area (Å²) in [6.45, 7) is 5.32. The molecule has 0 bridgehead atoms. The van der Waals surface area contributed by atoms with Crippen LogP contribution < -0.4 is 5.32 Å². The van der Waals surface area contributed by atoms with E-state index in [2.05, 4.69) is 19.2 Å². The van der Waals surface area contributed by atoms with Crippen molar-refractivity contribution in [3.8, 4) is 0 Å². The molecule has 1 N–H and O–H groups in total. The van der Waals surface area contributed by atoms with Crippen molar-refractivity contribution in [3.05, 3.63) is 23.4 Å². The van der Waals surface area contributed by atoms with E-state index in [1.807, 2.05) is 6.08 Å². The second-order valence-electron chi connectivity index (χ2n) is 9.30. The molecule has 31 heavy (non-hydrogen) atoms. The number of rotatable bonds is 21. The fraction of sp³-hybridized carbons (Fsp3) is 0.786. The molecule has 0 fully saturated rings. The Hall–Kier alpha value is -1.38.